The van der Waals surface area contributed by atoms with Crippen LogP contribution in [0, 0.1) is 5.92 Å². The van der Waals surface area contributed by atoms with Crippen molar-refractivity contribution in [1.29, 1.82) is 0 Å². The number of piperidine rings is 1. The van der Waals surface area contributed by atoms with E-state index in [0.29, 0.717) is 44.2 Å². The molecular weight excluding hydrogens is 382 g/mol. The Kier molecular flexibility index (Phi) is 6.42. The zero-order valence-electron chi connectivity index (χ0n) is 17.5. The molecule has 2 amide bonds. The first-order valence-electron chi connectivity index (χ1n) is 10.7. The predicted octanol–water partition coefficient (Wildman–Crippen LogP) is 1.31. The summed E-state index contributed by atoms with van der Waals surface area (Å²) in [5.41, 5.74) is 2.38. The van der Waals surface area contributed by atoms with Crippen LogP contribution in [-0.2, 0) is 29.4 Å². The number of ether oxygens (including phenoxy) is 1. The van der Waals surface area contributed by atoms with E-state index in [9.17, 15) is 9.59 Å². The Morgan fingerprint density at radius 1 is 1.10 bits per heavy atom. The Balaban J connectivity index is 1.33. The summed E-state index contributed by atoms with van der Waals surface area (Å²) >= 11 is 0. The maximum absolute atomic E-state index is 12.9. The lowest BCUT2D eigenvalue weighted by Gasteiger charge is -2.32. The number of likely N-dealkylation sites (tertiary alicyclic amines) is 1. The predicted molar refractivity (Wildman–Crippen MR) is 111 cm³/mol. The van der Waals surface area contributed by atoms with E-state index in [4.69, 9.17) is 4.74 Å². The zero-order chi connectivity index (χ0) is 20.9. The third kappa shape index (κ3) is 4.87. The van der Waals surface area contributed by atoms with Crippen LogP contribution in [0.1, 0.15) is 34.6 Å². The fourth-order valence-electron chi connectivity index (χ4n) is 4.23. The zero-order valence-corrected chi connectivity index (χ0v) is 17.5. The monoisotopic (exact) mass is 411 g/mol. The van der Waals surface area contributed by atoms with Gasteiger partial charge in [-0.15, -0.1) is 0 Å². The molecule has 0 saturated carbocycles. The molecule has 0 radical (unpaired) electrons. The maximum atomic E-state index is 12.9. The first kappa shape index (κ1) is 20.5. The number of rotatable bonds is 5. The quantitative estimate of drug-likeness (QED) is 0.741. The van der Waals surface area contributed by atoms with Crippen molar-refractivity contribution in [3.63, 3.8) is 0 Å². The Morgan fingerprint density at radius 3 is 2.57 bits per heavy atom. The second-order valence-corrected chi connectivity index (χ2v) is 8.09. The van der Waals surface area contributed by atoms with Crippen molar-refractivity contribution in [2.45, 2.75) is 25.7 Å². The van der Waals surface area contributed by atoms with Crippen LogP contribution in [0.25, 0.3) is 0 Å². The van der Waals surface area contributed by atoms with Crippen LogP contribution in [0.4, 0.5) is 0 Å². The highest BCUT2D eigenvalue weighted by Crippen LogP contribution is 2.24. The Morgan fingerprint density at radius 2 is 1.87 bits per heavy atom. The van der Waals surface area contributed by atoms with Crippen LogP contribution in [0.2, 0.25) is 0 Å². The van der Waals surface area contributed by atoms with Gasteiger partial charge in [-0.3, -0.25) is 19.3 Å². The summed E-state index contributed by atoms with van der Waals surface area (Å²) < 4.78 is 7.09. The molecule has 2 saturated heterocycles. The molecule has 160 valence electrons. The summed E-state index contributed by atoms with van der Waals surface area (Å²) in [4.78, 5) is 33.5. The number of carbonyl (C=O) groups excluding carboxylic acids is 2. The Hall–Kier alpha value is -2.74. The minimum Gasteiger partial charge on any atom is -0.378 e. The molecular formula is C22H29N5O3. The average Bonchev–Trinajstić information content (AvgIpc) is 3.15. The molecule has 0 N–H and O–H groups in total. The van der Waals surface area contributed by atoms with Crippen molar-refractivity contribution in [1.82, 2.24) is 24.6 Å². The number of carbonyl (C=O) groups is 2. The largest absolute Gasteiger partial charge is 0.378 e. The van der Waals surface area contributed by atoms with Gasteiger partial charge in [0.25, 0.3) is 5.91 Å². The van der Waals surface area contributed by atoms with Gasteiger partial charge < -0.3 is 14.5 Å². The number of hydrogen-bond acceptors (Lipinski definition) is 5. The molecule has 0 bridgehead atoms. The third-order valence-electron chi connectivity index (χ3n) is 5.94. The lowest BCUT2D eigenvalue weighted by atomic mass is 9.91. The molecule has 8 nitrogen and oxygen atoms in total. The van der Waals surface area contributed by atoms with Crippen LogP contribution < -0.4 is 0 Å². The van der Waals surface area contributed by atoms with Gasteiger partial charge in [-0.05, 0) is 37.3 Å². The first-order valence-corrected chi connectivity index (χ1v) is 10.7. The van der Waals surface area contributed by atoms with E-state index < -0.39 is 0 Å². The van der Waals surface area contributed by atoms with Gasteiger partial charge in [-0.2, -0.15) is 5.10 Å². The number of hydrogen-bond donors (Lipinski definition) is 0. The van der Waals surface area contributed by atoms with Crippen molar-refractivity contribution in [2.75, 3.05) is 39.4 Å². The van der Waals surface area contributed by atoms with Gasteiger partial charge in [-0.1, -0.05) is 6.07 Å². The minimum atomic E-state index is 0.0457. The second-order valence-electron chi connectivity index (χ2n) is 8.09. The number of aryl methyl sites for hydroxylation is 1. The Labute approximate surface area is 176 Å². The molecule has 2 aromatic heterocycles. The number of morpholine rings is 1. The Bertz CT molecular complexity index is 868. The maximum Gasteiger partial charge on any atom is 0.257 e. The van der Waals surface area contributed by atoms with E-state index in [1.54, 1.807) is 10.9 Å². The van der Waals surface area contributed by atoms with E-state index in [-0.39, 0.29) is 11.8 Å². The van der Waals surface area contributed by atoms with Crippen LogP contribution in [0.15, 0.2) is 30.6 Å². The highest BCUT2D eigenvalue weighted by atomic mass is 16.5. The van der Waals surface area contributed by atoms with Crippen LogP contribution >= 0.6 is 0 Å². The normalized spacial score (nSPS) is 17.9. The van der Waals surface area contributed by atoms with E-state index >= 15 is 0 Å². The van der Waals surface area contributed by atoms with Crippen LogP contribution in [0.5, 0.6) is 0 Å². The van der Waals surface area contributed by atoms with Gasteiger partial charge in [-0.25, -0.2) is 0 Å². The molecule has 2 aromatic rings. The molecule has 0 aromatic carbocycles. The van der Waals surface area contributed by atoms with E-state index in [2.05, 4.69) is 10.1 Å². The van der Waals surface area contributed by atoms with Crippen molar-refractivity contribution >= 4 is 11.8 Å². The minimum absolute atomic E-state index is 0.0457. The molecule has 0 unspecified atom stereocenters. The van der Waals surface area contributed by atoms with E-state index in [0.717, 1.165) is 43.7 Å². The summed E-state index contributed by atoms with van der Waals surface area (Å²) in [7, 11) is 1.86. The third-order valence-corrected chi connectivity index (χ3v) is 5.94. The molecule has 0 atom stereocenters. The van der Waals surface area contributed by atoms with Gasteiger partial charge in [0.15, 0.2) is 0 Å². The van der Waals surface area contributed by atoms with E-state index in [1.807, 2.05) is 41.2 Å². The highest BCUT2D eigenvalue weighted by molar-refractivity contribution is 5.95. The topological polar surface area (TPSA) is 80.6 Å². The van der Waals surface area contributed by atoms with Crippen molar-refractivity contribution in [3.8, 4) is 0 Å². The van der Waals surface area contributed by atoms with Gasteiger partial charge in [0.05, 0.1) is 30.9 Å². The fourth-order valence-corrected chi connectivity index (χ4v) is 4.23. The number of pyridine rings is 1. The molecule has 0 spiro atoms. The summed E-state index contributed by atoms with van der Waals surface area (Å²) in [6.07, 6.45) is 6.53. The molecule has 4 heterocycles. The number of nitrogens with zero attached hydrogens (tertiary/aromatic N) is 5. The summed E-state index contributed by atoms with van der Waals surface area (Å²) in [6, 6.07) is 5.65. The second kappa shape index (κ2) is 9.38. The van der Waals surface area contributed by atoms with Crippen molar-refractivity contribution in [2.24, 2.45) is 13.0 Å². The van der Waals surface area contributed by atoms with Crippen molar-refractivity contribution in [3.05, 3.63) is 47.5 Å². The first-order chi connectivity index (χ1) is 14.6. The lowest BCUT2D eigenvalue weighted by molar-refractivity contribution is -0.131. The molecule has 4 rings (SSSR count). The molecule has 30 heavy (non-hydrogen) atoms. The smallest absolute Gasteiger partial charge is 0.257 e. The fraction of sp³-hybridized carbons (Fsp3) is 0.545. The van der Waals surface area contributed by atoms with Crippen LogP contribution in [0.3, 0.4) is 0 Å². The standard InChI is InChI=1S/C22H29N5O3/c1-25-16-19(22(29)27-10-12-30-13-11-27)20(24-25)14-17-5-8-26(9-6-17)21(28)15-18-4-2-3-7-23-18/h2-4,7,16-17H,5-6,8-15H2,1H3. The van der Waals surface area contributed by atoms with Gasteiger partial charge in [0, 0.05) is 51.3 Å². The molecule has 8 heteroatoms. The number of amides is 2. The average molecular weight is 412 g/mol. The number of aromatic nitrogens is 3. The lowest BCUT2D eigenvalue weighted by Crippen LogP contribution is -2.41. The van der Waals surface area contributed by atoms with Gasteiger partial charge >= 0.3 is 0 Å². The van der Waals surface area contributed by atoms with Gasteiger partial charge in [0.2, 0.25) is 5.91 Å². The molecule has 0 aliphatic carbocycles. The van der Waals surface area contributed by atoms with Crippen molar-refractivity contribution < 1.29 is 14.3 Å². The van der Waals surface area contributed by atoms with E-state index in [1.165, 1.54) is 0 Å². The molecule has 2 fully saturated rings. The summed E-state index contributed by atoms with van der Waals surface area (Å²) in [5.74, 6) is 0.604. The van der Waals surface area contributed by atoms with Gasteiger partial charge in [0.1, 0.15) is 0 Å². The highest BCUT2D eigenvalue weighted by Gasteiger charge is 2.28. The summed E-state index contributed by atoms with van der Waals surface area (Å²) in [5, 5.41) is 4.58. The summed E-state index contributed by atoms with van der Waals surface area (Å²) in [6.45, 7) is 3.93. The molecule has 2 aliphatic rings. The molecule has 2 aliphatic heterocycles. The SMILES string of the molecule is Cn1cc(C(=O)N2CCOCC2)c(CC2CCN(C(=O)Cc3ccccn3)CC2)n1. The van der Waals surface area contributed by atoms with Crippen LogP contribution in [-0.4, -0.2) is 75.8 Å².